The Balaban J connectivity index is 1.85. The van der Waals surface area contributed by atoms with Crippen LogP contribution in [-0.2, 0) is 11.8 Å². The van der Waals surface area contributed by atoms with Crippen LogP contribution in [0.1, 0.15) is 58.1 Å². The fraction of sp³-hybridized carbons (Fsp3) is 0.684. The summed E-state index contributed by atoms with van der Waals surface area (Å²) < 4.78 is 0. The van der Waals surface area contributed by atoms with Gasteiger partial charge in [-0.1, -0.05) is 58.4 Å². The molecule has 2 rings (SSSR count). The predicted molar refractivity (Wildman–Crippen MR) is 88.3 cm³/mol. The van der Waals surface area contributed by atoms with Crippen molar-refractivity contribution in [1.82, 2.24) is 4.90 Å². The van der Waals surface area contributed by atoms with Crippen molar-refractivity contribution in [3.05, 3.63) is 35.4 Å². The van der Waals surface area contributed by atoms with Gasteiger partial charge in [0, 0.05) is 13.1 Å². The van der Waals surface area contributed by atoms with E-state index in [4.69, 9.17) is 0 Å². The SMILES string of the molecule is CC[C@@H]1CCCN(CCc2ccc(C(C)(C)C)cc2)C1. The van der Waals surface area contributed by atoms with Crippen molar-refractivity contribution in [2.24, 2.45) is 5.92 Å². The standard InChI is InChI=1S/C19H31N/c1-5-16-7-6-13-20(15-16)14-12-17-8-10-18(11-9-17)19(2,3)4/h8-11,16H,5-7,12-15H2,1-4H3/t16-/m1/s1. The zero-order valence-electron chi connectivity index (χ0n) is 13.8. The molecule has 1 aliphatic heterocycles. The van der Waals surface area contributed by atoms with E-state index in [2.05, 4.69) is 56.9 Å². The Morgan fingerprint density at radius 2 is 1.85 bits per heavy atom. The molecular weight excluding hydrogens is 242 g/mol. The van der Waals surface area contributed by atoms with Crippen LogP contribution in [0.3, 0.4) is 0 Å². The van der Waals surface area contributed by atoms with Crippen molar-refractivity contribution in [2.45, 2.75) is 58.8 Å². The normalized spacial score (nSPS) is 21.1. The topological polar surface area (TPSA) is 3.24 Å². The number of benzene rings is 1. The summed E-state index contributed by atoms with van der Waals surface area (Å²) in [6, 6.07) is 9.25. The second-order valence-electron chi connectivity index (χ2n) is 7.41. The average molecular weight is 273 g/mol. The van der Waals surface area contributed by atoms with Gasteiger partial charge >= 0.3 is 0 Å². The maximum Gasteiger partial charge on any atom is 0.00219 e. The van der Waals surface area contributed by atoms with Crippen molar-refractivity contribution in [3.63, 3.8) is 0 Å². The van der Waals surface area contributed by atoms with Gasteiger partial charge in [0.1, 0.15) is 0 Å². The first-order chi connectivity index (χ1) is 9.49. The van der Waals surface area contributed by atoms with Crippen LogP contribution in [0.15, 0.2) is 24.3 Å². The van der Waals surface area contributed by atoms with Crippen LogP contribution in [-0.4, -0.2) is 24.5 Å². The van der Waals surface area contributed by atoms with E-state index in [9.17, 15) is 0 Å². The summed E-state index contributed by atoms with van der Waals surface area (Å²) in [6.45, 7) is 13.0. The van der Waals surface area contributed by atoms with E-state index >= 15 is 0 Å². The van der Waals surface area contributed by atoms with E-state index in [1.165, 1.54) is 56.4 Å². The highest BCUT2D eigenvalue weighted by molar-refractivity contribution is 5.27. The molecule has 1 heteroatoms. The minimum atomic E-state index is 0.264. The monoisotopic (exact) mass is 273 g/mol. The first-order valence-corrected chi connectivity index (χ1v) is 8.31. The maximum absolute atomic E-state index is 2.66. The van der Waals surface area contributed by atoms with Gasteiger partial charge in [-0.25, -0.2) is 0 Å². The summed E-state index contributed by atoms with van der Waals surface area (Å²) in [5.74, 6) is 0.937. The predicted octanol–water partition coefficient (Wildman–Crippen LogP) is 4.65. The largest absolute Gasteiger partial charge is 0.303 e. The number of rotatable bonds is 4. The van der Waals surface area contributed by atoms with Crippen molar-refractivity contribution in [1.29, 1.82) is 0 Å². The molecule has 112 valence electrons. The molecular formula is C19H31N. The van der Waals surface area contributed by atoms with Crippen molar-refractivity contribution in [2.75, 3.05) is 19.6 Å². The van der Waals surface area contributed by atoms with E-state index in [0.717, 1.165) is 5.92 Å². The van der Waals surface area contributed by atoms with Crippen molar-refractivity contribution in [3.8, 4) is 0 Å². The van der Waals surface area contributed by atoms with Crippen LogP contribution in [0, 0.1) is 5.92 Å². The molecule has 1 aliphatic rings. The lowest BCUT2D eigenvalue weighted by molar-refractivity contribution is 0.173. The summed E-state index contributed by atoms with van der Waals surface area (Å²) >= 11 is 0. The number of piperidine rings is 1. The second-order valence-corrected chi connectivity index (χ2v) is 7.41. The number of hydrogen-bond donors (Lipinski definition) is 0. The number of hydrogen-bond acceptors (Lipinski definition) is 1. The zero-order valence-corrected chi connectivity index (χ0v) is 13.8. The van der Waals surface area contributed by atoms with E-state index < -0.39 is 0 Å². The first-order valence-electron chi connectivity index (χ1n) is 8.31. The zero-order chi connectivity index (χ0) is 14.6. The Labute approximate surface area is 125 Å². The molecule has 0 amide bonds. The van der Waals surface area contributed by atoms with Gasteiger partial charge in [-0.15, -0.1) is 0 Å². The van der Waals surface area contributed by atoms with E-state index in [1.54, 1.807) is 0 Å². The molecule has 1 nitrogen and oxygen atoms in total. The highest BCUT2D eigenvalue weighted by Gasteiger charge is 2.18. The van der Waals surface area contributed by atoms with Crippen LogP contribution in [0.25, 0.3) is 0 Å². The molecule has 1 aromatic carbocycles. The lowest BCUT2D eigenvalue weighted by Crippen LogP contribution is -2.36. The molecule has 0 unspecified atom stereocenters. The second kappa shape index (κ2) is 6.76. The van der Waals surface area contributed by atoms with Crippen LogP contribution in [0.4, 0.5) is 0 Å². The molecule has 0 radical (unpaired) electrons. The summed E-state index contributed by atoms with van der Waals surface area (Å²) in [5, 5.41) is 0. The Bertz CT molecular complexity index is 399. The van der Waals surface area contributed by atoms with Crippen LogP contribution >= 0.6 is 0 Å². The third-order valence-corrected chi connectivity index (χ3v) is 4.72. The fourth-order valence-electron chi connectivity index (χ4n) is 3.15. The molecule has 1 heterocycles. The van der Waals surface area contributed by atoms with Crippen LogP contribution in [0.2, 0.25) is 0 Å². The summed E-state index contributed by atoms with van der Waals surface area (Å²) in [7, 11) is 0. The first kappa shape index (κ1) is 15.6. The lowest BCUT2D eigenvalue weighted by Gasteiger charge is -2.32. The van der Waals surface area contributed by atoms with Gasteiger partial charge in [-0.3, -0.25) is 0 Å². The maximum atomic E-state index is 2.66. The smallest absolute Gasteiger partial charge is 0.00219 e. The quantitative estimate of drug-likeness (QED) is 0.772. The molecule has 0 aromatic heterocycles. The molecule has 20 heavy (non-hydrogen) atoms. The van der Waals surface area contributed by atoms with Gasteiger partial charge in [-0.2, -0.15) is 0 Å². The van der Waals surface area contributed by atoms with Gasteiger partial charge in [-0.05, 0) is 48.3 Å². The van der Waals surface area contributed by atoms with Crippen LogP contribution < -0.4 is 0 Å². The summed E-state index contributed by atoms with van der Waals surface area (Å²) in [4.78, 5) is 2.66. The van der Waals surface area contributed by atoms with Crippen molar-refractivity contribution >= 4 is 0 Å². The Morgan fingerprint density at radius 3 is 2.45 bits per heavy atom. The van der Waals surface area contributed by atoms with Crippen molar-refractivity contribution < 1.29 is 0 Å². The van der Waals surface area contributed by atoms with Gasteiger partial charge < -0.3 is 4.90 Å². The van der Waals surface area contributed by atoms with Gasteiger partial charge in [0.25, 0.3) is 0 Å². The molecule has 1 atom stereocenters. The van der Waals surface area contributed by atoms with Gasteiger partial charge in [0.15, 0.2) is 0 Å². The fourth-order valence-corrected chi connectivity index (χ4v) is 3.15. The minimum Gasteiger partial charge on any atom is -0.303 e. The molecule has 1 fully saturated rings. The third-order valence-electron chi connectivity index (χ3n) is 4.72. The Hall–Kier alpha value is -0.820. The molecule has 0 aliphatic carbocycles. The lowest BCUT2D eigenvalue weighted by atomic mass is 9.86. The van der Waals surface area contributed by atoms with E-state index in [-0.39, 0.29) is 5.41 Å². The highest BCUT2D eigenvalue weighted by atomic mass is 15.1. The summed E-state index contributed by atoms with van der Waals surface area (Å²) in [6.07, 6.45) is 5.37. The number of nitrogens with zero attached hydrogens (tertiary/aromatic N) is 1. The highest BCUT2D eigenvalue weighted by Crippen LogP contribution is 2.23. The average Bonchev–Trinajstić information content (AvgIpc) is 2.45. The number of likely N-dealkylation sites (tertiary alicyclic amines) is 1. The molecule has 1 saturated heterocycles. The van der Waals surface area contributed by atoms with Crippen LogP contribution in [0.5, 0.6) is 0 Å². The third kappa shape index (κ3) is 4.34. The van der Waals surface area contributed by atoms with Gasteiger partial charge in [0.2, 0.25) is 0 Å². The van der Waals surface area contributed by atoms with E-state index in [0.29, 0.717) is 0 Å². The summed E-state index contributed by atoms with van der Waals surface area (Å²) in [5.41, 5.74) is 3.18. The molecule has 1 aromatic rings. The Kier molecular flexibility index (Phi) is 5.26. The molecule has 0 bridgehead atoms. The molecule has 0 spiro atoms. The molecule has 0 N–H and O–H groups in total. The van der Waals surface area contributed by atoms with E-state index in [1.807, 2.05) is 0 Å². The Morgan fingerprint density at radius 1 is 1.15 bits per heavy atom. The minimum absolute atomic E-state index is 0.264. The van der Waals surface area contributed by atoms with Gasteiger partial charge in [0.05, 0.1) is 0 Å². The molecule has 0 saturated carbocycles.